The Morgan fingerprint density at radius 3 is 2.57 bits per heavy atom. The van der Waals surface area contributed by atoms with Gasteiger partial charge in [0.15, 0.2) is 0 Å². The summed E-state index contributed by atoms with van der Waals surface area (Å²) in [6.45, 7) is 4.91. The molecule has 1 N–H and O–H groups in total. The molecule has 1 atom stereocenters. The van der Waals surface area contributed by atoms with E-state index in [2.05, 4.69) is 24.4 Å². The largest absolute Gasteiger partial charge is 0.459 e. The van der Waals surface area contributed by atoms with E-state index in [4.69, 9.17) is 4.42 Å². The summed E-state index contributed by atoms with van der Waals surface area (Å²) in [4.78, 5) is 0. The number of aryl methyl sites for hydroxylation is 1. The topological polar surface area (TPSA) is 25.2 Å². The maximum atomic E-state index is 13.1. The third kappa shape index (κ3) is 2.83. The van der Waals surface area contributed by atoms with Gasteiger partial charge in [-0.15, -0.1) is 0 Å². The first kappa shape index (κ1) is 13.8. The van der Waals surface area contributed by atoms with Gasteiger partial charge in [0.25, 0.3) is 0 Å². The fourth-order valence-corrected chi connectivity index (χ4v) is 2.57. The number of furan rings is 1. The molecule has 1 heterocycles. The predicted molar refractivity (Wildman–Crippen MR) is 82.9 cm³/mol. The average molecular weight is 283 g/mol. The molecule has 0 saturated carbocycles. The van der Waals surface area contributed by atoms with Crippen molar-refractivity contribution in [2.75, 3.05) is 6.54 Å². The Balaban J connectivity index is 2.04. The molecule has 0 bridgehead atoms. The van der Waals surface area contributed by atoms with E-state index in [1.54, 1.807) is 12.1 Å². The predicted octanol–water partition coefficient (Wildman–Crippen LogP) is 4.58. The first-order chi connectivity index (χ1) is 10.2. The Hall–Kier alpha value is -2.13. The quantitative estimate of drug-likeness (QED) is 0.758. The van der Waals surface area contributed by atoms with Crippen LogP contribution in [-0.2, 0) is 0 Å². The minimum Gasteiger partial charge on any atom is -0.459 e. The van der Waals surface area contributed by atoms with Crippen LogP contribution in [0.5, 0.6) is 0 Å². The van der Waals surface area contributed by atoms with Crippen LogP contribution in [-0.4, -0.2) is 6.54 Å². The summed E-state index contributed by atoms with van der Waals surface area (Å²) in [6.07, 6.45) is 0. The Morgan fingerprint density at radius 1 is 1.10 bits per heavy atom. The monoisotopic (exact) mass is 283 g/mol. The van der Waals surface area contributed by atoms with E-state index in [1.165, 1.54) is 17.7 Å². The number of benzene rings is 2. The maximum absolute atomic E-state index is 13.1. The van der Waals surface area contributed by atoms with E-state index in [-0.39, 0.29) is 11.9 Å². The van der Waals surface area contributed by atoms with Gasteiger partial charge in [-0.2, -0.15) is 0 Å². The smallest absolute Gasteiger partial charge is 0.134 e. The van der Waals surface area contributed by atoms with E-state index in [0.717, 1.165) is 28.8 Å². The number of nitrogens with one attached hydrogen (secondary N) is 1. The third-order valence-electron chi connectivity index (χ3n) is 3.59. The lowest BCUT2D eigenvalue weighted by Crippen LogP contribution is -2.21. The summed E-state index contributed by atoms with van der Waals surface area (Å²) >= 11 is 0. The van der Waals surface area contributed by atoms with Gasteiger partial charge in [0.05, 0.1) is 6.04 Å². The van der Waals surface area contributed by atoms with Crippen molar-refractivity contribution >= 4 is 11.0 Å². The first-order valence-corrected chi connectivity index (χ1v) is 7.16. The molecule has 0 saturated heterocycles. The van der Waals surface area contributed by atoms with Crippen molar-refractivity contribution in [2.24, 2.45) is 0 Å². The minimum atomic E-state index is -0.228. The van der Waals surface area contributed by atoms with E-state index in [0.29, 0.717) is 0 Å². The number of hydrogen-bond acceptors (Lipinski definition) is 2. The molecule has 108 valence electrons. The lowest BCUT2D eigenvalue weighted by Gasteiger charge is -2.15. The van der Waals surface area contributed by atoms with Crippen molar-refractivity contribution in [1.29, 1.82) is 0 Å². The second-order valence-electron chi connectivity index (χ2n) is 5.23. The molecule has 1 aromatic heterocycles. The maximum Gasteiger partial charge on any atom is 0.134 e. The Morgan fingerprint density at radius 2 is 1.86 bits per heavy atom. The Bertz CT molecular complexity index is 746. The second-order valence-corrected chi connectivity index (χ2v) is 5.23. The number of rotatable bonds is 4. The van der Waals surface area contributed by atoms with Gasteiger partial charge in [0, 0.05) is 5.39 Å². The van der Waals surface area contributed by atoms with E-state index in [9.17, 15) is 4.39 Å². The summed E-state index contributed by atoms with van der Waals surface area (Å²) in [6, 6.07) is 14.7. The van der Waals surface area contributed by atoms with Crippen molar-refractivity contribution in [3.05, 3.63) is 71.2 Å². The normalized spacial score (nSPS) is 12.7. The van der Waals surface area contributed by atoms with Gasteiger partial charge in [0.2, 0.25) is 0 Å². The van der Waals surface area contributed by atoms with E-state index < -0.39 is 0 Å². The van der Waals surface area contributed by atoms with Gasteiger partial charge in [-0.1, -0.05) is 30.7 Å². The van der Waals surface area contributed by atoms with Crippen LogP contribution in [0.2, 0.25) is 0 Å². The molecule has 3 heteroatoms. The van der Waals surface area contributed by atoms with Crippen LogP contribution < -0.4 is 5.32 Å². The lowest BCUT2D eigenvalue weighted by atomic mass is 10.0. The van der Waals surface area contributed by atoms with Gasteiger partial charge >= 0.3 is 0 Å². The van der Waals surface area contributed by atoms with Crippen LogP contribution >= 0.6 is 0 Å². The second kappa shape index (κ2) is 5.70. The fourth-order valence-electron chi connectivity index (χ4n) is 2.57. The molecular formula is C18H18FNO. The summed E-state index contributed by atoms with van der Waals surface area (Å²) in [7, 11) is 0. The van der Waals surface area contributed by atoms with Crippen molar-refractivity contribution in [1.82, 2.24) is 5.32 Å². The molecule has 0 radical (unpaired) electrons. The molecule has 2 nitrogen and oxygen atoms in total. The van der Waals surface area contributed by atoms with Crippen molar-refractivity contribution in [3.8, 4) is 0 Å². The van der Waals surface area contributed by atoms with Crippen LogP contribution in [0, 0.1) is 12.7 Å². The van der Waals surface area contributed by atoms with Crippen LogP contribution in [0.25, 0.3) is 11.0 Å². The van der Waals surface area contributed by atoms with Crippen LogP contribution in [0.4, 0.5) is 4.39 Å². The standard InChI is InChI=1S/C18H18FNO/c1-3-20-18(13-5-7-15(19)8-6-13)17-11-14-10-12(2)4-9-16(14)21-17/h4-11,18,20H,3H2,1-2H3. The lowest BCUT2D eigenvalue weighted by molar-refractivity contribution is 0.476. The molecule has 21 heavy (non-hydrogen) atoms. The molecule has 0 fully saturated rings. The van der Waals surface area contributed by atoms with Gasteiger partial charge in [-0.25, -0.2) is 4.39 Å². The highest BCUT2D eigenvalue weighted by Crippen LogP contribution is 2.29. The van der Waals surface area contributed by atoms with E-state index >= 15 is 0 Å². The SMILES string of the molecule is CCNC(c1ccc(F)cc1)c1cc2cc(C)ccc2o1. The molecule has 1 unspecified atom stereocenters. The van der Waals surface area contributed by atoms with Crippen LogP contribution in [0.3, 0.4) is 0 Å². The van der Waals surface area contributed by atoms with Crippen LogP contribution in [0.15, 0.2) is 52.9 Å². The molecule has 3 aromatic rings. The van der Waals surface area contributed by atoms with Crippen LogP contribution in [0.1, 0.15) is 29.9 Å². The minimum absolute atomic E-state index is 0.0664. The fraction of sp³-hybridized carbons (Fsp3) is 0.222. The van der Waals surface area contributed by atoms with E-state index in [1.807, 2.05) is 19.1 Å². The molecular weight excluding hydrogens is 265 g/mol. The zero-order valence-corrected chi connectivity index (χ0v) is 12.2. The number of hydrogen-bond donors (Lipinski definition) is 1. The molecule has 3 rings (SSSR count). The molecule has 0 aliphatic rings. The number of halogens is 1. The molecule has 0 aliphatic carbocycles. The molecule has 2 aromatic carbocycles. The summed E-state index contributed by atoms with van der Waals surface area (Å²) in [5, 5.41) is 4.49. The third-order valence-corrected chi connectivity index (χ3v) is 3.59. The Kier molecular flexibility index (Phi) is 3.76. The molecule has 0 amide bonds. The van der Waals surface area contributed by atoms with Gasteiger partial charge in [0.1, 0.15) is 17.2 Å². The van der Waals surface area contributed by atoms with Gasteiger partial charge in [-0.05, 0) is 49.4 Å². The highest BCUT2D eigenvalue weighted by molar-refractivity contribution is 5.78. The molecule has 0 aliphatic heterocycles. The summed E-state index contributed by atoms with van der Waals surface area (Å²) in [5.41, 5.74) is 3.08. The van der Waals surface area contributed by atoms with Gasteiger partial charge < -0.3 is 9.73 Å². The zero-order valence-electron chi connectivity index (χ0n) is 12.2. The number of fused-ring (bicyclic) bond motifs is 1. The highest BCUT2D eigenvalue weighted by Gasteiger charge is 2.17. The van der Waals surface area contributed by atoms with Gasteiger partial charge in [-0.3, -0.25) is 0 Å². The highest BCUT2D eigenvalue weighted by atomic mass is 19.1. The molecule has 0 spiro atoms. The zero-order chi connectivity index (χ0) is 14.8. The first-order valence-electron chi connectivity index (χ1n) is 7.16. The Labute approximate surface area is 123 Å². The van der Waals surface area contributed by atoms with Crippen molar-refractivity contribution in [2.45, 2.75) is 19.9 Å². The van der Waals surface area contributed by atoms with Crippen molar-refractivity contribution in [3.63, 3.8) is 0 Å². The average Bonchev–Trinajstić information content (AvgIpc) is 2.88. The summed E-state index contributed by atoms with van der Waals surface area (Å²) < 4.78 is 19.1. The van der Waals surface area contributed by atoms with Crippen molar-refractivity contribution < 1.29 is 8.81 Å². The summed E-state index contributed by atoms with van der Waals surface area (Å²) in [5.74, 6) is 0.623.